The van der Waals surface area contributed by atoms with E-state index in [2.05, 4.69) is 42.8 Å². The Hall–Kier alpha value is -0.0300. The predicted molar refractivity (Wildman–Crippen MR) is 51.6 cm³/mol. The number of nitrogens with zero attached hydrogens (tertiary/aromatic N) is 1. The Kier molecular flexibility index (Phi) is 3.57. The fourth-order valence-corrected chi connectivity index (χ4v) is 0.864. The first-order valence-electron chi connectivity index (χ1n) is 3.87. The Morgan fingerprint density at radius 2 is 1.64 bits per heavy atom. The van der Waals surface area contributed by atoms with Crippen LogP contribution in [0.15, 0.2) is 0 Å². The third-order valence-corrected chi connectivity index (χ3v) is 2.15. The molecule has 11 heavy (non-hydrogen) atoms. The molecule has 0 aromatic carbocycles. The normalized spacial score (nSPS) is 17.1. The van der Waals surface area contributed by atoms with Gasteiger partial charge in [-0.25, -0.2) is 0 Å². The second kappa shape index (κ2) is 3.58. The van der Waals surface area contributed by atoms with Crippen LogP contribution in [0.3, 0.4) is 0 Å². The van der Waals surface area contributed by atoms with E-state index in [1.54, 1.807) is 0 Å². The van der Waals surface area contributed by atoms with Crippen molar-refractivity contribution >= 4 is 15.9 Å². The van der Waals surface area contributed by atoms with Crippen molar-refractivity contribution in [1.29, 1.82) is 5.26 Å². The highest BCUT2D eigenvalue weighted by molar-refractivity contribution is 9.10. The maximum atomic E-state index is 8.69. The van der Waals surface area contributed by atoms with Gasteiger partial charge in [-0.1, -0.05) is 36.7 Å². The van der Waals surface area contributed by atoms with Crippen LogP contribution in [-0.2, 0) is 0 Å². The van der Waals surface area contributed by atoms with Gasteiger partial charge in [-0.05, 0) is 25.2 Å². The molecule has 0 N–H and O–H groups in total. The summed E-state index contributed by atoms with van der Waals surface area (Å²) >= 11 is 3.37. The number of hydrogen-bond donors (Lipinski definition) is 0. The second-order valence-corrected chi connectivity index (χ2v) is 6.12. The summed E-state index contributed by atoms with van der Waals surface area (Å²) in [5, 5.41) is 8.69. The van der Waals surface area contributed by atoms with Crippen molar-refractivity contribution in [3.05, 3.63) is 0 Å². The van der Waals surface area contributed by atoms with Crippen molar-refractivity contribution in [2.75, 3.05) is 0 Å². The molecule has 0 aromatic heterocycles. The van der Waals surface area contributed by atoms with Gasteiger partial charge < -0.3 is 0 Å². The summed E-state index contributed by atoms with van der Waals surface area (Å²) in [4.78, 5) is 0. The highest BCUT2D eigenvalue weighted by Gasteiger charge is 2.22. The summed E-state index contributed by atoms with van der Waals surface area (Å²) in [7, 11) is 0. The summed E-state index contributed by atoms with van der Waals surface area (Å²) < 4.78 is -0.333. The molecule has 1 unspecified atom stereocenters. The van der Waals surface area contributed by atoms with Gasteiger partial charge in [0, 0.05) is 0 Å². The molecular weight excluding hydrogens is 202 g/mol. The van der Waals surface area contributed by atoms with E-state index >= 15 is 0 Å². The monoisotopic (exact) mass is 217 g/mol. The number of halogens is 1. The van der Waals surface area contributed by atoms with Crippen LogP contribution >= 0.6 is 15.9 Å². The molecule has 0 aliphatic rings. The fraction of sp³-hybridized carbons (Fsp3) is 0.889. The van der Waals surface area contributed by atoms with Gasteiger partial charge in [0.15, 0.2) is 0 Å². The molecule has 2 heteroatoms. The lowest BCUT2D eigenvalue weighted by Gasteiger charge is -2.21. The Balaban J connectivity index is 3.83. The molecule has 0 amide bonds. The molecule has 1 nitrogen and oxygen atoms in total. The van der Waals surface area contributed by atoms with Gasteiger partial charge in [0.1, 0.15) is 4.32 Å². The van der Waals surface area contributed by atoms with E-state index in [4.69, 9.17) is 5.26 Å². The highest BCUT2D eigenvalue weighted by atomic mass is 79.9. The maximum Gasteiger partial charge on any atom is 0.109 e. The molecule has 1 atom stereocenters. The van der Waals surface area contributed by atoms with Crippen LogP contribution in [0.1, 0.15) is 40.5 Å². The van der Waals surface area contributed by atoms with Crippen molar-refractivity contribution in [2.45, 2.75) is 44.9 Å². The van der Waals surface area contributed by atoms with E-state index in [0.29, 0.717) is 5.41 Å². The average Bonchev–Trinajstić information content (AvgIpc) is 1.83. The Morgan fingerprint density at radius 1 is 1.18 bits per heavy atom. The lowest BCUT2D eigenvalue weighted by Crippen LogP contribution is -2.16. The van der Waals surface area contributed by atoms with Crippen molar-refractivity contribution < 1.29 is 0 Å². The van der Waals surface area contributed by atoms with Crippen LogP contribution in [0.2, 0.25) is 0 Å². The molecule has 0 aliphatic carbocycles. The molecule has 0 fully saturated rings. The number of nitriles is 1. The molecule has 0 aliphatic heterocycles. The van der Waals surface area contributed by atoms with E-state index in [0.717, 1.165) is 12.8 Å². The van der Waals surface area contributed by atoms with Crippen LogP contribution in [-0.4, -0.2) is 4.32 Å². The minimum Gasteiger partial charge on any atom is -0.197 e. The molecule has 0 saturated carbocycles. The van der Waals surface area contributed by atoms with E-state index in [9.17, 15) is 0 Å². The summed E-state index contributed by atoms with van der Waals surface area (Å²) in [5.41, 5.74) is 0.325. The highest BCUT2D eigenvalue weighted by Crippen LogP contribution is 2.29. The van der Waals surface area contributed by atoms with Crippen molar-refractivity contribution in [1.82, 2.24) is 0 Å². The van der Waals surface area contributed by atoms with Gasteiger partial charge in [-0.15, -0.1) is 0 Å². The van der Waals surface area contributed by atoms with Crippen LogP contribution < -0.4 is 0 Å². The largest absolute Gasteiger partial charge is 0.197 e. The third kappa shape index (κ3) is 6.37. The SMILES string of the molecule is CC(C)(C)CCC(C)(Br)C#N. The quantitative estimate of drug-likeness (QED) is 0.651. The summed E-state index contributed by atoms with van der Waals surface area (Å²) in [5.74, 6) is 0. The first-order chi connectivity index (χ1) is 4.77. The summed E-state index contributed by atoms with van der Waals surface area (Å²) in [6.45, 7) is 8.48. The van der Waals surface area contributed by atoms with Crippen molar-refractivity contribution in [2.24, 2.45) is 5.41 Å². The molecule has 0 bridgehead atoms. The van der Waals surface area contributed by atoms with Crippen molar-refractivity contribution in [3.8, 4) is 6.07 Å². The standard InChI is InChI=1S/C9H16BrN/c1-8(2,3)5-6-9(4,10)7-11/h5-6H2,1-4H3. The van der Waals surface area contributed by atoms with Crippen LogP contribution in [0.4, 0.5) is 0 Å². The van der Waals surface area contributed by atoms with E-state index in [-0.39, 0.29) is 4.32 Å². The zero-order valence-corrected chi connectivity index (χ0v) is 9.33. The first kappa shape index (κ1) is 11.0. The third-order valence-electron chi connectivity index (χ3n) is 1.58. The number of hydrogen-bond acceptors (Lipinski definition) is 1. The Labute approximate surface area is 77.9 Å². The molecule has 0 heterocycles. The number of rotatable bonds is 2. The predicted octanol–water partition coefficient (Wildman–Crippen LogP) is 3.49. The lowest BCUT2D eigenvalue weighted by atomic mass is 9.87. The van der Waals surface area contributed by atoms with Gasteiger partial charge in [0.2, 0.25) is 0 Å². The van der Waals surface area contributed by atoms with Crippen LogP contribution in [0.5, 0.6) is 0 Å². The smallest absolute Gasteiger partial charge is 0.109 e. The van der Waals surface area contributed by atoms with E-state index in [1.807, 2.05) is 6.92 Å². The van der Waals surface area contributed by atoms with Gasteiger partial charge in [0.05, 0.1) is 6.07 Å². The van der Waals surface area contributed by atoms with E-state index < -0.39 is 0 Å². The molecule has 0 radical (unpaired) electrons. The Bertz CT molecular complexity index is 159. The van der Waals surface area contributed by atoms with Crippen LogP contribution in [0, 0.1) is 16.7 Å². The lowest BCUT2D eigenvalue weighted by molar-refractivity contribution is 0.357. The minimum absolute atomic E-state index is 0.325. The average molecular weight is 218 g/mol. The molecule has 0 spiro atoms. The topological polar surface area (TPSA) is 23.8 Å². The van der Waals surface area contributed by atoms with Gasteiger partial charge in [-0.3, -0.25) is 0 Å². The Morgan fingerprint density at radius 3 is 1.91 bits per heavy atom. The maximum absolute atomic E-state index is 8.69. The molecule has 0 aromatic rings. The minimum atomic E-state index is -0.333. The van der Waals surface area contributed by atoms with Crippen LogP contribution in [0.25, 0.3) is 0 Å². The van der Waals surface area contributed by atoms with Crippen molar-refractivity contribution in [3.63, 3.8) is 0 Å². The molecule has 64 valence electrons. The number of alkyl halides is 1. The fourth-order valence-electron chi connectivity index (χ4n) is 0.666. The molecule has 0 saturated heterocycles. The van der Waals surface area contributed by atoms with Gasteiger partial charge in [-0.2, -0.15) is 5.26 Å². The summed E-state index contributed by atoms with van der Waals surface area (Å²) in [6, 6.07) is 2.23. The molecular formula is C9H16BrN. The van der Waals surface area contributed by atoms with Gasteiger partial charge in [0.25, 0.3) is 0 Å². The van der Waals surface area contributed by atoms with Gasteiger partial charge >= 0.3 is 0 Å². The van der Waals surface area contributed by atoms with E-state index in [1.165, 1.54) is 0 Å². The molecule has 0 rings (SSSR count). The second-order valence-electron chi connectivity index (χ2n) is 4.37. The zero-order chi connectivity index (χ0) is 9.12. The first-order valence-corrected chi connectivity index (χ1v) is 4.66. The zero-order valence-electron chi connectivity index (χ0n) is 7.74. The summed E-state index contributed by atoms with van der Waals surface area (Å²) in [6.07, 6.45) is 1.98.